The lowest BCUT2D eigenvalue weighted by Gasteiger charge is -2.37. The molecule has 2 N–H and O–H groups in total. The van der Waals surface area contributed by atoms with E-state index in [1.807, 2.05) is 56.3 Å². The lowest BCUT2D eigenvalue weighted by atomic mass is 9.77. The third-order valence-corrected chi connectivity index (χ3v) is 8.11. The van der Waals surface area contributed by atoms with Crippen LogP contribution in [0.1, 0.15) is 40.6 Å². The number of nitrogens with one attached hydrogen (secondary N) is 2. The summed E-state index contributed by atoms with van der Waals surface area (Å²) < 4.78 is 34.5. The number of rotatable bonds is 5. The molecule has 0 bridgehead atoms. The van der Waals surface area contributed by atoms with Gasteiger partial charge in [-0.15, -0.1) is 0 Å². The van der Waals surface area contributed by atoms with Gasteiger partial charge in [0, 0.05) is 11.6 Å². The molecule has 0 fully saturated rings. The number of methoxy groups -OCH3 is 1. The predicted molar refractivity (Wildman–Crippen MR) is 133 cm³/mol. The largest absolute Gasteiger partial charge is 0.497 e. The smallest absolute Gasteiger partial charge is 0.261 e. The monoisotopic (exact) mass is 460 g/mol. The molecular formula is C27H28N2O3S. The van der Waals surface area contributed by atoms with Crippen molar-refractivity contribution in [2.75, 3.05) is 17.1 Å². The molecule has 5 rings (SSSR count). The van der Waals surface area contributed by atoms with Gasteiger partial charge >= 0.3 is 0 Å². The molecule has 6 heteroatoms. The lowest BCUT2D eigenvalue weighted by Crippen LogP contribution is -2.29. The Morgan fingerprint density at radius 1 is 1.00 bits per heavy atom. The highest BCUT2D eigenvalue weighted by molar-refractivity contribution is 7.92. The molecule has 0 spiro atoms. The van der Waals surface area contributed by atoms with Gasteiger partial charge in [-0.25, -0.2) is 8.42 Å². The number of anilines is 2. The zero-order valence-electron chi connectivity index (χ0n) is 19.0. The Labute approximate surface area is 195 Å². The maximum Gasteiger partial charge on any atom is 0.261 e. The van der Waals surface area contributed by atoms with E-state index in [0.717, 1.165) is 34.5 Å². The minimum Gasteiger partial charge on any atom is -0.497 e. The molecule has 3 aromatic carbocycles. The van der Waals surface area contributed by atoms with E-state index in [1.165, 1.54) is 5.56 Å². The van der Waals surface area contributed by atoms with Crippen molar-refractivity contribution in [2.24, 2.45) is 5.92 Å². The summed E-state index contributed by atoms with van der Waals surface area (Å²) in [6.45, 7) is 3.90. The van der Waals surface area contributed by atoms with Crippen LogP contribution in [0.5, 0.6) is 5.75 Å². The summed E-state index contributed by atoms with van der Waals surface area (Å²) in [4.78, 5) is 0.282. The van der Waals surface area contributed by atoms with Crippen LogP contribution in [-0.2, 0) is 10.0 Å². The predicted octanol–water partition coefficient (Wildman–Crippen LogP) is 5.94. The van der Waals surface area contributed by atoms with Crippen molar-refractivity contribution in [3.05, 3.63) is 95.1 Å². The van der Waals surface area contributed by atoms with Gasteiger partial charge < -0.3 is 10.1 Å². The maximum absolute atomic E-state index is 13.2. The number of fused-ring (bicyclic) bond motifs is 3. The molecule has 0 saturated carbocycles. The molecule has 2 aliphatic rings. The zero-order chi connectivity index (χ0) is 23.2. The van der Waals surface area contributed by atoms with Crippen LogP contribution in [0, 0.1) is 19.8 Å². The first-order valence-corrected chi connectivity index (χ1v) is 12.7. The number of allylic oxidation sites excluding steroid dienone is 2. The van der Waals surface area contributed by atoms with Gasteiger partial charge in [0.1, 0.15) is 5.75 Å². The molecule has 170 valence electrons. The van der Waals surface area contributed by atoms with E-state index in [9.17, 15) is 8.42 Å². The Morgan fingerprint density at radius 3 is 2.52 bits per heavy atom. The molecular weight excluding hydrogens is 432 g/mol. The van der Waals surface area contributed by atoms with Gasteiger partial charge in [0.05, 0.1) is 23.7 Å². The van der Waals surface area contributed by atoms with Gasteiger partial charge in [0.2, 0.25) is 0 Å². The molecule has 0 amide bonds. The fraction of sp³-hybridized carbons (Fsp3) is 0.259. The number of aryl methyl sites for hydroxylation is 2. The molecule has 5 nitrogen and oxygen atoms in total. The molecule has 33 heavy (non-hydrogen) atoms. The van der Waals surface area contributed by atoms with Crippen molar-refractivity contribution in [3.63, 3.8) is 0 Å². The third kappa shape index (κ3) is 4.00. The van der Waals surface area contributed by atoms with E-state index in [0.29, 0.717) is 11.6 Å². The van der Waals surface area contributed by atoms with E-state index in [2.05, 4.69) is 34.3 Å². The van der Waals surface area contributed by atoms with Crippen LogP contribution in [0.2, 0.25) is 0 Å². The molecule has 1 heterocycles. The first-order chi connectivity index (χ1) is 15.9. The Morgan fingerprint density at radius 2 is 1.79 bits per heavy atom. The van der Waals surface area contributed by atoms with Crippen LogP contribution >= 0.6 is 0 Å². The number of ether oxygens (including phenoxy) is 1. The van der Waals surface area contributed by atoms with Crippen molar-refractivity contribution < 1.29 is 13.2 Å². The topological polar surface area (TPSA) is 67.4 Å². The average molecular weight is 461 g/mol. The fourth-order valence-electron chi connectivity index (χ4n) is 5.01. The van der Waals surface area contributed by atoms with Crippen LogP contribution in [0.4, 0.5) is 11.4 Å². The van der Waals surface area contributed by atoms with Gasteiger partial charge in [-0.1, -0.05) is 42.0 Å². The number of hydrogen-bond acceptors (Lipinski definition) is 4. The van der Waals surface area contributed by atoms with Gasteiger partial charge in [-0.05, 0) is 79.3 Å². The van der Waals surface area contributed by atoms with Crippen molar-refractivity contribution in [3.8, 4) is 5.75 Å². The normalized spacial score (nSPS) is 21.1. The van der Waals surface area contributed by atoms with Crippen LogP contribution in [0.25, 0.3) is 0 Å². The molecule has 3 atom stereocenters. The third-order valence-electron chi connectivity index (χ3n) is 6.75. The average Bonchev–Trinajstić information content (AvgIpc) is 3.30. The van der Waals surface area contributed by atoms with Gasteiger partial charge in [-0.2, -0.15) is 0 Å². The Kier molecular flexibility index (Phi) is 5.41. The van der Waals surface area contributed by atoms with E-state index in [-0.39, 0.29) is 16.9 Å². The Balaban J connectivity index is 1.47. The van der Waals surface area contributed by atoms with Crippen LogP contribution < -0.4 is 14.8 Å². The second-order valence-electron chi connectivity index (χ2n) is 8.92. The van der Waals surface area contributed by atoms with E-state index in [4.69, 9.17) is 4.74 Å². The summed E-state index contributed by atoms with van der Waals surface area (Å²) in [5, 5.41) is 3.67. The number of hydrogen-bond donors (Lipinski definition) is 2. The molecule has 1 aliphatic heterocycles. The molecule has 3 aromatic rings. The van der Waals surface area contributed by atoms with Gasteiger partial charge in [-0.3, -0.25) is 4.72 Å². The lowest BCUT2D eigenvalue weighted by molar-refractivity contribution is 0.411. The Hall–Kier alpha value is -3.25. The molecule has 0 radical (unpaired) electrons. The minimum absolute atomic E-state index is 0.152. The summed E-state index contributed by atoms with van der Waals surface area (Å²) in [6.07, 6.45) is 5.37. The van der Waals surface area contributed by atoms with Gasteiger partial charge in [0.15, 0.2) is 0 Å². The van der Waals surface area contributed by atoms with Gasteiger partial charge in [0.25, 0.3) is 10.0 Å². The van der Waals surface area contributed by atoms with Crippen molar-refractivity contribution in [1.82, 2.24) is 0 Å². The summed E-state index contributed by atoms with van der Waals surface area (Å²) in [5.74, 6) is 1.34. The van der Waals surface area contributed by atoms with Crippen LogP contribution in [0.3, 0.4) is 0 Å². The molecule has 1 aliphatic carbocycles. The number of sulfonamides is 1. The summed E-state index contributed by atoms with van der Waals surface area (Å²) in [6, 6.07) is 19.4. The summed E-state index contributed by atoms with van der Waals surface area (Å²) >= 11 is 0. The quantitative estimate of drug-likeness (QED) is 0.463. The highest BCUT2D eigenvalue weighted by atomic mass is 32.2. The van der Waals surface area contributed by atoms with E-state index < -0.39 is 10.0 Å². The SMILES string of the molecule is COc1ccc([C@@H]2Nc3ccc(S(=O)(=O)Nc4ccc(C)cc4C)cc3[C@@H]3C=CC[C@H]32)cc1. The standard InChI is InChI=1S/C27H28N2O3S/c1-17-7-13-25(18(2)15-17)29-33(30,31)21-12-14-26-24(16-21)22-5-4-6-23(22)27(28-26)19-8-10-20(32-3)11-9-19/h4-5,7-16,22-23,27-29H,6H2,1-3H3/t22-,23-,27+/m1/s1. The first-order valence-electron chi connectivity index (χ1n) is 11.2. The van der Waals surface area contributed by atoms with Crippen molar-refractivity contribution >= 4 is 21.4 Å². The van der Waals surface area contributed by atoms with E-state index >= 15 is 0 Å². The maximum atomic E-state index is 13.2. The van der Waals surface area contributed by atoms with Crippen molar-refractivity contribution in [2.45, 2.75) is 37.1 Å². The zero-order valence-corrected chi connectivity index (χ0v) is 19.8. The summed E-state index contributed by atoms with van der Waals surface area (Å²) in [7, 11) is -2.03. The molecule has 0 aromatic heterocycles. The first kappa shape index (κ1) is 21.6. The fourth-order valence-corrected chi connectivity index (χ4v) is 6.18. The van der Waals surface area contributed by atoms with Crippen molar-refractivity contribution in [1.29, 1.82) is 0 Å². The Bertz CT molecular complexity index is 1330. The number of benzene rings is 3. The van der Waals surface area contributed by atoms with Crippen LogP contribution in [-0.4, -0.2) is 15.5 Å². The highest BCUT2D eigenvalue weighted by Crippen LogP contribution is 2.50. The second-order valence-corrected chi connectivity index (χ2v) is 10.6. The molecule has 0 unspecified atom stereocenters. The summed E-state index contributed by atoms with van der Waals surface area (Å²) in [5.41, 5.74) is 5.82. The highest BCUT2D eigenvalue weighted by Gasteiger charge is 2.38. The molecule has 0 saturated heterocycles. The van der Waals surface area contributed by atoms with Crippen LogP contribution in [0.15, 0.2) is 77.7 Å². The second kappa shape index (κ2) is 8.27. The van der Waals surface area contributed by atoms with E-state index in [1.54, 1.807) is 13.2 Å². The minimum atomic E-state index is -3.70.